The number of hydrogen-bond acceptors (Lipinski definition) is 2. The molecule has 1 heterocycles. The van der Waals surface area contributed by atoms with E-state index in [0.717, 1.165) is 17.1 Å². The van der Waals surface area contributed by atoms with Gasteiger partial charge in [-0.1, -0.05) is 47.5 Å². The first-order valence-corrected chi connectivity index (χ1v) is 9.40. The van der Waals surface area contributed by atoms with Crippen molar-refractivity contribution >= 4 is 35.0 Å². The van der Waals surface area contributed by atoms with Crippen LogP contribution in [0, 0.1) is 13.8 Å². The zero-order valence-corrected chi connectivity index (χ0v) is 16.9. The third-order valence-corrected chi connectivity index (χ3v) is 5.09. The molecular weight excluding hydrogens is 397 g/mol. The van der Waals surface area contributed by atoms with Crippen LogP contribution < -0.4 is 10.9 Å². The van der Waals surface area contributed by atoms with Crippen molar-refractivity contribution in [1.82, 2.24) is 15.4 Å². The number of amides is 2. The molecule has 0 aliphatic heterocycles. The first-order chi connectivity index (χ1) is 13.4. The monoisotopic (exact) mass is 415 g/mol. The molecule has 0 saturated heterocycles. The molecule has 0 aliphatic rings. The SMILES string of the molecule is Cc1cc(C(=O)NNC(=O)Cc2ccc(Cl)c(Cl)c2)c(C)n1-c1ccccc1. The molecule has 3 rings (SSSR count). The quantitative estimate of drug-likeness (QED) is 0.620. The Balaban J connectivity index is 1.67. The number of carbonyl (C=O) groups excluding carboxylic acids is 2. The third-order valence-electron chi connectivity index (χ3n) is 4.35. The first-order valence-electron chi connectivity index (χ1n) is 8.64. The molecule has 7 heteroatoms. The second kappa shape index (κ2) is 8.50. The number of carbonyl (C=O) groups is 2. The predicted molar refractivity (Wildman–Crippen MR) is 111 cm³/mol. The van der Waals surface area contributed by atoms with E-state index in [2.05, 4.69) is 10.9 Å². The molecule has 3 aromatic rings. The van der Waals surface area contributed by atoms with E-state index in [9.17, 15) is 9.59 Å². The van der Waals surface area contributed by atoms with E-state index in [1.807, 2.05) is 48.7 Å². The van der Waals surface area contributed by atoms with Crippen LogP contribution in [0.3, 0.4) is 0 Å². The highest BCUT2D eigenvalue weighted by Crippen LogP contribution is 2.23. The molecule has 2 amide bonds. The Hall–Kier alpha value is -2.76. The zero-order chi connectivity index (χ0) is 20.3. The molecule has 0 radical (unpaired) electrons. The van der Waals surface area contributed by atoms with Gasteiger partial charge in [-0.05, 0) is 49.7 Å². The van der Waals surface area contributed by atoms with E-state index in [4.69, 9.17) is 23.2 Å². The van der Waals surface area contributed by atoms with Gasteiger partial charge in [0, 0.05) is 17.1 Å². The molecular formula is C21H19Cl2N3O2. The molecule has 0 spiro atoms. The van der Waals surface area contributed by atoms with Gasteiger partial charge in [-0.15, -0.1) is 0 Å². The van der Waals surface area contributed by atoms with Gasteiger partial charge in [0.1, 0.15) is 0 Å². The topological polar surface area (TPSA) is 63.1 Å². The van der Waals surface area contributed by atoms with Crippen LogP contribution in [0.25, 0.3) is 5.69 Å². The molecule has 144 valence electrons. The summed E-state index contributed by atoms with van der Waals surface area (Å²) in [5.41, 5.74) is 8.79. The van der Waals surface area contributed by atoms with Gasteiger partial charge in [0.2, 0.25) is 5.91 Å². The van der Waals surface area contributed by atoms with E-state index in [-0.39, 0.29) is 18.2 Å². The molecule has 0 atom stereocenters. The number of nitrogens with zero attached hydrogens (tertiary/aromatic N) is 1. The maximum absolute atomic E-state index is 12.5. The molecule has 0 aliphatic carbocycles. The van der Waals surface area contributed by atoms with Crippen LogP contribution in [0.4, 0.5) is 0 Å². The molecule has 0 bridgehead atoms. The minimum absolute atomic E-state index is 0.0696. The number of aromatic nitrogens is 1. The summed E-state index contributed by atoms with van der Waals surface area (Å²) < 4.78 is 1.99. The average Bonchev–Trinajstić information content (AvgIpc) is 2.98. The second-order valence-electron chi connectivity index (χ2n) is 6.38. The predicted octanol–water partition coefficient (Wildman–Crippen LogP) is 4.40. The van der Waals surface area contributed by atoms with Crippen LogP contribution in [0.5, 0.6) is 0 Å². The van der Waals surface area contributed by atoms with Crippen LogP contribution >= 0.6 is 23.2 Å². The summed E-state index contributed by atoms with van der Waals surface area (Å²) in [5, 5.41) is 0.803. The van der Waals surface area contributed by atoms with Crippen molar-refractivity contribution in [2.45, 2.75) is 20.3 Å². The number of rotatable bonds is 4. The number of para-hydroxylation sites is 1. The average molecular weight is 416 g/mol. The molecule has 0 fully saturated rings. The van der Waals surface area contributed by atoms with Crippen LogP contribution in [-0.4, -0.2) is 16.4 Å². The number of aryl methyl sites for hydroxylation is 1. The summed E-state index contributed by atoms with van der Waals surface area (Å²) >= 11 is 11.8. The van der Waals surface area contributed by atoms with E-state index < -0.39 is 0 Å². The highest BCUT2D eigenvalue weighted by Gasteiger charge is 2.17. The van der Waals surface area contributed by atoms with Gasteiger partial charge < -0.3 is 4.57 Å². The number of nitrogens with one attached hydrogen (secondary N) is 2. The first kappa shape index (κ1) is 20.0. The highest BCUT2D eigenvalue weighted by atomic mass is 35.5. The Morgan fingerprint density at radius 1 is 0.929 bits per heavy atom. The van der Waals surface area contributed by atoms with E-state index in [0.29, 0.717) is 21.2 Å². The Morgan fingerprint density at radius 2 is 1.64 bits per heavy atom. The van der Waals surface area contributed by atoms with Crippen molar-refractivity contribution in [3.63, 3.8) is 0 Å². The van der Waals surface area contributed by atoms with Gasteiger partial charge in [0.15, 0.2) is 0 Å². The van der Waals surface area contributed by atoms with Crippen molar-refractivity contribution in [1.29, 1.82) is 0 Å². The minimum Gasteiger partial charge on any atom is -0.318 e. The van der Waals surface area contributed by atoms with Gasteiger partial charge in [0.25, 0.3) is 5.91 Å². The molecule has 0 unspecified atom stereocenters. The maximum atomic E-state index is 12.5. The fraction of sp³-hybridized carbons (Fsp3) is 0.143. The lowest BCUT2D eigenvalue weighted by atomic mass is 10.1. The summed E-state index contributed by atoms with van der Waals surface area (Å²) in [5.74, 6) is -0.735. The van der Waals surface area contributed by atoms with Crippen molar-refractivity contribution in [3.05, 3.63) is 87.2 Å². The van der Waals surface area contributed by atoms with Crippen molar-refractivity contribution in [2.75, 3.05) is 0 Å². The maximum Gasteiger partial charge on any atom is 0.271 e. The zero-order valence-electron chi connectivity index (χ0n) is 15.4. The number of halogens is 2. The lowest BCUT2D eigenvalue weighted by molar-refractivity contribution is -0.121. The fourth-order valence-electron chi connectivity index (χ4n) is 3.04. The highest BCUT2D eigenvalue weighted by molar-refractivity contribution is 6.42. The summed E-state index contributed by atoms with van der Waals surface area (Å²) in [6, 6.07) is 16.5. The number of benzene rings is 2. The summed E-state index contributed by atoms with van der Waals surface area (Å²) in [6.07, 6.45) is 0.0696. The summed E-state index contributed by atoms with van der Waals surface area (Å²) in [7, 11) is 0. The molecule has 1 aromatic heterocycles. The van der Waals surface area contributed by atoms with Crippen LogP contribution in [0.2, 0.25) is 10.0 Å². The van der Waals surface area contributed by atoms with Gasteiger partial charge in [-0.25, -0.2) is 0 Å². The van der Waals surface area contributed by atoms with Gasteiger partial charge >= 0.3 is 0 Å². The normalized spacial score (nSPS) is 10.6. The Labute approximate surface area is 173 Å². The Morgan fingerprint density at radius 3 is 2.32 bits per heavy atom. The number of hydrazine groups is 1. The second-order valence-corrected chi connectivity index (χ2v) is 7.20. The van der Waals surface area contributed by atoms with Crippen molar-refractivity contribution < 1.29 is 9.59 Å². The van der Waals surface area contributed by atoms with Crippen molar-refractivity contribution in [2.24, 2.45) is 0 Å². The molecule has 0 saturated carbocycles. The lowest BCUT2D eigenvalue weighted by Crippen LogP contribution is -2.42. The lowest BCUT2D eigenvalue weighted by Gasteiger charge is -2.10. The van der Waals surface area contributed by atoms with E-state index in [1.165, 1.54) is 0 Å². The smallest absolute Gasteiger partial charge is 0.271 e. The Kier molecular flexibility index (Phi) is 6.07. The van der Waals surface area contributed by atoms with Crippen LogP contribution in [0.1, 0.15) is 27.3 Å². The summed E-state index contributed by atoms with van der Waals surface area (Å²) in [4.78, 5) is 24.7. The van der Waals surface area contributed by atoms with Crippen LogP contribution in [0.15, 0.2) is 54.6 Å². The van der Waals surface area contributed by atoms with Crippen LogP contribution in [-0.2, 0) is 11.2 Å². The molecule has 28 heavy (non-hydrogen) atoms. The molecule has 5 nitrogen and oxygen atoms in total. The van der Waals surface area contributed by atoms with Gasteiger partial charge in [-0.3, -0.25) is 20.4 Å². The fourth-order valence-corrected chi connectivity index (χ4v) is 3.36. The van der Waals surface area contributed by atoms with Crippen molar-refractivity contribution in [3.8, 4) is 5.69 Å². The minimum atomic E-state index is -0.377. The van der Waals surface area contributed by atoms with Gasteiger partial charge in [0.05, 0.1) is 22.0 Å². The summed E-state index contributed by atoms with van der Waals surface area (Å²) in [6.45, 7) is 3.80. The Bertz CT molecular complexity index is 1030. The molecule has 2 aromatic carbocycles. The van der Waals surface area contributed by atoms with E-state index in [1.54, 1.807) is 24.3 Å². The molecule has 2 N–H and O–H groups in total. The standard InChI is InChI=1S/C21H19Cl2N3O2/c1-13-10-17(14(2)26(13)16-6-4-3-5-7-16)21(28)25-24-20(27)12-15-8-9-18(22)19(23)11-15/h3-11H,12H2,1-2H3,(H,24,27)(H,25,28). The third kappa shape index (κ3) is 4.38. The van der Waals surface area contributed by atoms with Gasteiger partial charge in [-0.2, -0.15) is 0 Å². The van der Waals surface area contributed by atoms with E-state index >= 15 is 0 Å². The number of hydrogen-bond donors (Lipinski definition) is 2. The largest absolute Gasteiger partial charge is 0.318 e.